The fourth-order valence-corrected chi connectivity index (χ4v) is 2.27. The number of para-hydroxylation sites is 1. The number of aryl methyl sites for hydroxylation is 2. The molecule has 0 saturated heterocycles. The number of hydrogen-bond donors (Lipinski definition) is 0. The minimum Gasteiger partial charge on any atom is -0.489 e. The second-order valence-electron chi connectivity index (χ2n) is 5.16. The van der Waals surface area contributed by atoms with Crippen LogP contribution in [-0.2, 0) is 0 Å². The lowest BCUT2D eigenvalue weighted by Gasteiger charge is -2.11. The zero-order chi connectivity index (χ0) is 16.1. The van der Waals surface area contributed by atoms with Crippen LogP contribution in [0.3, 0.4) is 0 Å². The Kier molecular flexibility index (Phi) is 4.57. The lowest BCUT2D eigenvalue weighted by Crippen LogP contribution is -2.10. The van der Waals surface area contributed by atoms with Crippen LogP contribution in [0.25, 0.3) is 11.5 Å². The van der Waals surface area contributed by atoms with Crippen LogP contribution in [0.1, 0.15) is 11.1 Å². The van der Waals surface area contributed by atoms with Crippen molar-refractivity contribution >= 4 is 0 Å². The molecule has 0 fully saturated rings. The first-order chi connectivity index (χ1) is 11.2. The van der Waals surface area contributed by atoms with Crippen LogP contribution in [-0.4, -0.2) is 23.4 Å². The Labute approximate surface area is 134 Å². The maximum Gasteiger partial charge on any atom is 0.415 e. The van der Waals surface area contributed by atoms with E-state index in [9.17, 15) is 0 Å². The summed E-state index contributed by atoms with van der Waals surface area (Å²) in [7, 11) is 0. The van der Waals surface area contributed by atoms with Gasteiger partial charge in [0.05, 0.1) is 0 Å². The molecule has 0 spiro atoms. The van der Waals surface area contributed by atoms with Crippen LogP contribution < -0.4 is 9.47 Å². The van der Waals surface area contributed by atoms with Gasteiger partial charge in [0.25, 0.3) is 5.89 Å². The Bertz CT molecular complexity index is 749. The molecule has 0 atom stereocenters. The molecular formula is C18H18N2O3. The SMILES string of the molecule is Cc1cccc(C)c1OCCOc1nnc(-c2ccccc2)o1. The van der Waals surface area contributed by atoms with Crippen LogP contribution >= 0.6 is 0 Å². The zero-order valence-corrected chi connectivity index (χ0v) is 13.2. The van der Waals surface area contributed by atoms with Crippen LogP contribution in [0.5, 0.6) is 11.8 Å². The number of rotatable bonds is 6. The summed E-state index contributed by atoms with van der Waals surface area (Å²) in [6, 6.07) is 15.6. The van der Waals surface area contributed by atoms with E-state index in [1.807, 2.05) is 62.4 Å². The van der Waals surface area contributed by atoms with Crippen LogP contribution in [0, 0.1) is 13.8 Å². The predicted molar refractivity (Wildman–Crippen MR) is 86.6 cm³/mol. The summed E-state index contributed by atoms with van der Waals surface area (Å²) in [6.45, 7) is 4.79. The van der Waals surface area contributed by atoms with Gasteiger partial charge in [0, 0.05) is 5.56 Å². The average Bonchev–Trinajstić information content (AvgIpc) is 3.03. The van der Waals surface area contributed by atoms with E-state index in [1.54, 1.807) is 0 Å². The van der Waals surface area contributed by atoms with E-state index >= 15 is 0 Å². The molecule has 0 radical (unpaired) electrons. The summed E-state index contributed by atoms with van der Waals surface area (Å²) < 4.78 is 16.7. The normalized spacial score (nSPS) is 10.5. The minimum absolute atomic E-state index is 0.147. The van der Waals surface area contributed by atoms with Crippen molar-refractivity contribution in [2.24, 2.45) is 0 Å². The summed E-state index contributed by atoms with van der Waals surface area (Å²) in [6.07, 6.45) is 0.147. The molecule has 0 saturated carbocycles. The van der Waals surface area contributed by atoms with Crippen LogP contribution in [0.15, 0.2) is 52.9 Å². The van der Waals surface area contributed by atoms with Crippen molar-refractivity contribution in [3.8, 4) is 23.3 Å². The Balaban J connectivity index is 1.53. The topological polar surface area (TPSA) is 57.4 Å². The highest BCUT2D eigenvalue weighted by atomic mass is 16.6. The van der Waals surface area contributed by atoms with E-state index in [1.165, 1.54) is 0 Å². The Morgan fingerprint density at radius 3 is 2.26 bits per heavy atom. The lowest BCUT2D eigenvalue weighted by molar-refractivity contribution is 0.176. The van der Waals surface area contributed by atoms with Gasteiger partial charge in [-0.1, -0.05) is 41.5 Å². The average molecular weight is 310 g/mol. The van der Waals surface area contributed by atoms with Crippen molar-refractivity contribution in [2.75, 3.05) is 13.2 Å². The van der Waals surface area contributed by atoms with Crippen molar-refractivity contribution in [3.05, 3.63) is 59.7 Å². The fourth-order valence-electron chi connectivity index (χ4n) is 2.27. The first kappa shape index (κ1) is 15.1. The summed E-state index contributed by atoms with van der Waals surface area (Å²) in [5.74, 6) is 1.34. The van der Waals surface area contributed by atoms with Gasteiger partial charge in [0.1, 0.15) is 19.0 Å². The van der Waals surface area contributed by atoms with Crippen molar-refractivity contribution in [3.63, 3.8) is 0 Å². The van der Waals surface area contributed by atoms with Gasteiger partial charge in [-0.2, -0.15) is 0 Å². The summed E-state index contributed by atoms with van der Waals surface area (Å²) in [4.78, 5) is 0. The van der Waals surface area contributed by atoms with Gasteiger partial charge in [0.15, 0.2) is 0 Å². The van der Waals surface area contributed by atoms with Gasteiger partial charge in [0.2, 0.25) is 0 Å². The van der Waals surface area contributed by atoms with E-state index < -0.39 is 0 Å². The highest BCUT2D eigenvalue weighted by Gasteiger charge is 2.09. The zero-order valence-electron chi connectivity index (χ0n) is 13.2. The van der Waals surface area contributed by atoms with Gasteiger partial charge in [-0.05, 0) is 37.1 Å². The molecule has 5 nitrogen and oxygen atoms in total. The molecule has 0 bridgehead atoms. The molecule has 23 heavy (non-hydrogen) atoms. The monoisotopic (exact) mass is 310 g/mol. The maximum atomic E-state index is 5.77. The smallest absolute Gasteiger partial charge is 0.415 e. The Morgan fingerprint density at radius 2 is 1.52 bits per heavy atom. The molecule has 5 heteroatoms. The highest BCUT2D eigenvalue weighted by Crippen LogP contribution is 2.23. The molecular weight excluding hydrogens is 292 g/mol. The molecule has 0 aliphatic carbocycles. The van der Waals surface area contributed by atoms with E-state index in [-0.39, 0.29) is 6.08 Å². The Hall–Kier alpha value is -2.82. The molecule has 0 N–H and O–H groups in total. The van der Waals surface area contributed by atoms with Gasteiger partial charge in [-0.3, -0.25) is 0 Å². The number of nitrogens with zero attached hydrogens (tertiary/aromatic N) is 2. The standard InChI is InChI=1S/C18H18N2O3/c1-13-7-6-8-14(2)16(13)21-11-12-22-18-20-19-17(23-18)15-9-4-3-5-10-15/h3-10H,11-12H2,1-2H3. The van der Waals surface area contributed by atoms with E-state index in [0.717, 1.165) is 22.4 Å². The molecule has 3 aromatic rings. The lowest BCUT2D eigenvalue weighted by atomic mass is 10.1. The number of aromatic nitrogens is 2. The van der Waals surface area contributed by atoms with Crippen molar-refractivity contribution in [1.82, 2.24) is 10.2 Å². The first-order valence-electron chi connectivity index (χ1n) is 7.45. The van der Waals surface area contributed by atoms with Gasteiger partial charge >= 0.3 is 6.08 Å². The number of benzene rings is 2. The summed E-state index contributed by atoms with van der Waals surface area (Å²) in [5.41, 5.74) is 3.07. The molecule has 0 aliphatic rings. The number of ether oxygens (including phenoxy) is 2. The summed E-state index contributed by atoms with van der Waals surface area (Å²) >= 11 is 0. The fraction of sp³-hybridized carbons (Fsp3) is 0.222. The molecule has 0 amide bonds. The highest BCUT2D eigenvalue weighted by molar-refractivity contribution is 5.51. The van der Waals surface area contributed by atoms with Crippen molar-refractivity contribution in [1.29, 1.82) is 0 Å². The third-order valence-corrected chi connectivity index (χ3v) is 3.39. The molecule has 1 heterocycles. The molecule has 0 unspecified atom stereocenters. The third-order valence-electron chi connectivity index (χ3n) is 3.39. The second-order valence-corrected chi connectivity index (χ2v) is 5.16. The largest absolute Gasteiger partial charge is 0.489 e. The van der Waals surface area contributed by atoms with E-state index in [0.29, 0.717) is 19.1 Å². The molecule has 2 aromatic carbocycles. The van der Waals surface area contributed by atoms with Crippen molar-refractivity contribution < 1.29 is 13.9 Å². The quantitative estimate of drug-likeness (QED) is 0.648. The maximum absolute atomic E-state index is 5.77. The van der Waals surface area contributed by atoms with Gasteiger partial charge in [-0.15, -0.1) is 5.10 Å². The number of hydrogen-bond acceptors (Lipinski definition) is 5. The van der Waals surface area contributed by atoms with Crippen LogP contribution in [0.2, 0.25) is 0 Å². The second kappa shape index (κ2) is 6.96. The summed E-state index contributed by atoms with van der Waals surface area (Å²) in [5, 5.41) is 7.85. The molecule has 3 rings (SSSR count). The van der Waals surface area contributed by atoms with Gasteiger partial charge < -0.3 is 13.9 Å². The molecule has 1 aromatic heterocycles. The molecule has 0 aliphatic heterocycles. The predicted octanol–water partition coefficient (Wildman–Crippen LogP) is 3.81. The Morgan fingerprint density at radius 1 is 0.826 bits per heavy atom. The first-order valence-corrected chi connectivity index (χ1v) is 7.45. The van der Waals surface area contributed by atoms with Gasteiger partial charge in [-0.25, -0.2) is 0 Å². The van der Waals surface area contributed by atoms with E-state index in [2.05, 4.69) is 10.2 Å². The van der Waals surface area contributed by atoms with Crippen molar-refractivity contribution in [2.45, 2.75) is 13.8 Å². The van der Waals surface area contributed by atoms with E-state index in [4.69, 9.17) is 13.9 Å². The minimum atomic E-state index is 0.147. The van der Waals surface area contributed by atoms with Crippen LogP contribution in [0.4, 0.5) is 0 Å². The third kappa shape index (κ3) is 3.69. The molecule has 118 valence electrons.